The van der Waals surface area contributed by atoms with Crippen molar-refractivity contribution in [3.63, 3.8) is 0 Å². The van der Waals surface area contributed by atoms with E-state index in [1.807, 2.05) is 0 Å². The number of ether oxygens (including phenoxy) is 3. The maximum Gasteiger partial charge on any atom is 0.333 e. The molecule has 8 heteroatoms. The molecule has 1 aliphatic rings. The Morgan fingerprint density at radius 1 is 1.19 bits per heavy atom. The van der Waals surface area contributed by atoms with Crippen LogP contribution in [0.2, 0.25) is 0 Å². The van der Waals surface area contributed by atoms with Crippen molar-refractivity contribution >= 4 is 17.9 Å². The molecule has 31 heavy (non-hydrogen) atoms. The first-order valence-electron chi connectivity index (χ1n) is 9.81. The maximum atomic E-state index is 12.6. The van der Waals surface area contributed by atoms with Gasteiger partial charge in [-0.25, -0.2) is 9.59 Å². The largest absolute Gasteiger partial charge is 0.466 e. The molecule has 0 aromatic rings. The van der Waals surface area contributed by atoms with Crippen molar-refractivity contribution < 1.29 is 38.8 Å². The molecule has 0 radical (unpaired) electrons. The van der Waals surface area contributed by atoms with Crippen LogP contribution in [0.5, 0.6) is 0 Å². The number of allylic oxidation sites excluding steroid dienone is 1. The van der Waals surface area contributed by atoms with Crippen molar-refractivity contribution in [2.45, 2.75) is 39.4 Å². The zero-order chi connectivity index (χ0) is 23.9. The predicted octanol–water partition coefficient (Wildman–Crippen LogP) is 1.87. The normalized spacial score (nSPS) is 28.3. The Balaban J connectivity index is 3.30. The molecule has 2 N–H and O–H groups in total. The Morgan fingerprint density at radius 3 is 2.29 bits per heavy atom. The predicted molar refractivity (Wildman–Crippen MR) is 114 cm³/mol. The van der Waals surface area contributed by atoms with E-state index >= 15 is 0 Å². The van der Waals surface area contributed by atoms with Gasteiger partial charge in [0, 0.05) is 24.0 Å². The van der Waals surface area contributed by atoms with Crippen LogP contribution in [0.1, 0.15) is 27.2 Å². The molecular weight excluding hydrogens is 404 g/mol. The molecule has 0 unspecified atom stereocenters. The molecule has 0 aromatic heterocycles. The Kier molecular flexibility index (Phi) is 9.40. The van der Waals surface area contributed by atoms with Gasteiger partial charge >= 0.3 is 17.9 Å². The van der Waals surface area contributed by atoms with Gasteiger partial charge in [0.25, 0.3) is 0 Å². The minimum absolute atomic E-state index is 0.0591. The van der Waals surface area contributed by atoms with E-state index in [2.05, 4.69) is 19.7 Å². The molecule has 0 aromatic carbocycles. The highest BCUT2D eigenvalue weighted by Gasteiger charge is 2.53. The first kappa shape index (κ1) is 26.3. The number of methoxy groups -OCH3 is 1. The number of carbonyl (C=O) groups excluding carboxylic acids is 3. The number of aliphatic hydroxyl groups excluding tert-OH is 2. The lowest BCUT2D eigenvalue weighted by molar-refractivity contribution is -0.161. The molecule has 0 spiro atoms. The lowest BCUT2D eigenvalue weighted by atomic mass is 9.58. The van der Waals surface area contributed by atoms with E-state index in [0.29, 0.717) is 5.57 Å². The zero-order valence-electron chi connectivity index (χ0n) is 18.6. The fourth-order valence-electron chi connectivity index (χ4n) is 3.93. The van der Waals surface area contributed by atoms with E-state index in [9.17, 15) is 24.6 Å². The molecule has 0 amide bonds. The smallest absolute Gasteiger partial charge is 0.333 e. The average Bonchev–Trinajstić information content (AvgIpc) is 2.71. The van der Waals surface area contributed by atoms with Crippen LogP contribution in [0, 0.1) is 17.3 Å². The van der Waals surface area contributed by atoms with Gasteiger partial charge in [-0.05, 0) is 30.4 Å². The lowest BCUT2D eigenvalue weighted by Gasteiger charge is -2.50. The van der Waals surface area contributed by atoms with Crippen molar-refractivity contribution in [2.24, 2.45) is 17.3 Å². The third-order valence-electron chi connectivity index (χ3n) is 5.68. The molecule has 1 rings (SSSR count). The quantitative estimate of drug-likeness (QED) is 0.243. The number of rotatable bonds is 9. The first-order valence-corrected chi connectivity index (χ1v) is 9.81. The Morgan fingerprint density at radius 2 is 1.81 bits per heavy atom. The second-order valence-electron chi connectivity index (χ2n) is 7.87. The van der Waals surface area contributed by atoms with Crippen molar-refractivity contribution in [3.05, 3.63) is 48.6 Å². The van der Waals surface area contributed by atoms with Crippen LogP contribution in [0.3, 0.4) is 0 Å². The van der Waals surface area contributed by atoms with Gasteiger partial charge in [0.15, 0.2) is 0 Å². The standard InChI is InChI=1S/C23H32O8/c1-8-23(6)11-17(31-21(27)13(2)9-10-30-16(5)25)18(15(4)22(28)29-7)20(26)19(23)14(3)12-24/h8-9,17-20,24,26H,1,3-4,10-12H2,2,5-7H3/b13-9-/t17-,18-,19-,20-,23+/m0/s1. The molecule has 1 fully saturated rings. The fraction of sp³-hybridized carbons (Fsp3) is 0.522. The SMILES string of the molecule is C=C[C@]1(C)C[C@H](OC(=O)/C(C)=C\COC(C)=O)[C@H](C(=C)C(=O)OC)[C@H](O)[C@@H]1C(=C)CO. The molecular formula is C23H32O8. The second kappa shape index (κ2) is 11.1. The highest BCUT2D eigenvalue weighted by atomic mass is 16.5. The Bertz CT molecular complexity index is 780. The molecule has 172 valence electrons. The van der Waals surface area contributed by atoms with Gasteiger partial charge in [-0.3, -0.25) is 4.79 Å². The van der Waals surface area contributed by atoms with Crippen LogP contribution in [0.15, 0.2) is 48.6 Å². The van der Waals surface area contributed by atoms with Crippen molar-refractivity contribution in [3.8, 4) is 0 Å². The summed E-state index contributed by atoms with van der Waals surface area (Å²) >= 11 is 0. The van der Waals surface area contributed by atoms with Crippen LogP contribution >= 0.6 is 0 Å². The molecule has 1 saturated carbocycles. The molecule has 0 aliphatic heterocycles. The van der Waals surface area contributed by atoms with Crippen molar-refractivity contribution in [1.82, 2.24) is 0 Å². The third kappa shape index (κ3) is 6.15. The summed E-state index contributed by atoms with van der Waals surface area (Å²) in [5, 5.41) is 20.8. The van der Waals surface area contributed by atoms with Gasteiger partial charge in [0.05, 0.1) is 25.7 Å². The summed E-state index contributed by atoms with van der Waals surface area (Å²) in [7, 11) is 1.18. The van der Waals surface area contributed by atoms with Crippen molar-refractivity contribution in [1.29, 1.82) is 0 Å². The molecule has 1 aliphatic carbocycles. The molecule has 8 nitrogen and oxygen atoms in total. The minimum atomic E-state index is -1.24. The highest BCUT2D eigenvalue weighted by Crippen LogP contribution is 2.50. The molecule has 0 bridgehead atoms. The van der Waals surface area contributed by atoms with E-state index in [1.165, 1.54) is 27.0 Å². The van der Waals surface area contributed by atoms with Gasteiger partial charge in [0.1, 0.15) is 12.7 Å². The second-order valence-corrected chi connectivity index (χ2v) is 7.87. The number of aliphatic hydroxyl groups is 2. The summed E-state index contributed by atoms with van der Waals surface area (Å²) in [6.07, 6.45) is 1.03. The zero-order valence-corrected chi connectivity index (χ0v) is 18.6. The summed E-state index contributed by atoms with van der Waals surface area (Å²) in [4.78, 5) is 35.7. The van der Waals surface area contributed by atoms with Gasteiger partial charge < -0.3 is 24.4 Å². The number of carbonyl (C=O) groups is 3. The number of hydrogen-bond donors (Lipinski definition) is 2. The van der Waals surface area contributed by atoms with Crippen LogP contribution in [-0.4, -0.2) is 60.7 Å². The van der Waals surface area contributed by atoms with Gasteiger partial charge in [-0.15, -0.1) is 6.58 Å². The molecule has 0 saturated heterocycles. The molecule has 5 atom stereocenters. The summed E-state index contributed by atoms with van der Waals surface area (Å²) < 4.78 is 15.2. The highest BCUT2D eigenvalue weighted by molar-refractivity contribution is 5.89. The number of hydrogen-bond acceptors (Lipinski definition) is 8. The summed E-state index contributed by atoms with van der Waals surface area (Å²) in [6.45, 7) is 15.5. The topological polar surface area (TPSA) is 119 Å². The number of esters is 3. The van der Waals surface area contributed by atoms with E-state index < -0.39 is 47.4 Å². The summed E-state index contributed by atoms with van der Waals surface area (Å²) in [5.41, 5.74) is -0.289. The van der Waals surface area contributed by atoms with E-state index in [0.717, 1.165) is 0 Å². The van der Waals surface area contributed by atoms with E-state index in [-0.39, 0.29) is 30.8 Å². The van der Waals surface area contributed by atoms with Crippen LogP contribution in [0.25, 0.3) is 0 Å². The van der Waals surface area contributed by atoms with Gasteiger partial charge in [0.2, 0.25) is 0 Å². The minimum Gasteiger partial charge on any atom is -0.466 e. The van der Waals surface area contributed by atoms with Crippen LogP contribution in [0.4, 0.5) is 0 Å². The molecule has 0 heterocycles. The van der Waals surface area contributed by atoms with Crippen LogP contribution < -0.4 is 0 Å². The van der Waals surface area contributed by atoms with Gasteiger partial charge in [-0.2, -0.15) is 0 Å². The van der Waals surface area contributed by atoms with Crippen molar-refractivity contribution in [2.75, 3.05) is 20.3 Å². The van der Waals surface area contributed by atoms with Gasteiger partial charge in [-0.1, -0.05) is 26.2 Å². The summed E-state index contributed by atoms with van der Waals surface area (Å²) in [6, 6.07) is 0. The first-order chi connectivity index (χ1) is 14.4. The monoisotopic (exact) mass is 436 g/mol. The van der Waals surface area contributed by atoms with E-state index in [1.54, 1.807) is 13.0 Å². The van der Waals surface area contributed by atoms with E-state index in [4.69, 9.17) is 14.2 Å². The lowest BCUT2D eigenvalue weighted by Crippen LogP contribution is -2.54. The van der Waals surface area contributed by atoms with Crippen LogP contribution in [-0.2, 0) is 28.6 Å². The Labute approximate surface area is 182 Å². The third-order valence-corrected chi connectivity index (χ3v) is 5.68. The Hall–Kier alpha value is -2.71. The summed E-state index contributed by atoms with van der Waals surface area (Å²) in [5.74, 6) is -3.57. The maximum absolute atomic E-state index is 12.6. The average molecular weight is 437 g/mol. The fourth-order valence-corrected chi connectivity index (χ4v) is 3.93.